The molecule has 1 nitrogen and oxygen atoms in total. The molecule has 0 heterocycles. The van der Waals surface area contributed by atoms with Gasteiger partial charge in [0.05, 0.1) is 0 Å². The van der Waals surface area contributed by atoms with Crippen LogP contribution < -0.4 is 0 Å². The van der Waals surface area contributed by atoms with E-state index in [9.17, 15) is 8.78 Å². The molecule has 1 N–H and O–H groups in total. The van der Waals surface area contributed by atoms with Crippen molar-refractivity contribution in [2.24, 2.45) is 5.92 Å². The summed E-state index contributed by atoms with van der Waals surface area (Å²) in [7, 11) is 0. The first kappa shape index (κ1) is 8.91. The van der Waals surface area contributed by atoms with Gasteiger partial charge in [-0.2, -0.15) is 0 Å². The molecular weight excluding hydrogens is 150 g/mol. The van der Waals surface area contributed by atoms with Crippen LogP contribution >= 0.6 is 0 Å². The standard InChI is InChI=1S/C8H14F2O/c1-8(9,10)7(11)5-6-3-2-4-6/h6-7,11H,2-5H2,1H3. The van der Waals surface area contributed by atoms with Crippen LogP contribution in [0.1, 0.15) is 32.6 Å². The summed E-state index contributed by atoms with van der Waals surface area (Å²) in [5, 5.41) is 8.97. The summed E-state index contributed by atoms with van der Waals surface area (Å²) in [4.78, 5) is 0. The third-order valence-corrected chi connectivity index (χ3v) is 2.37. The number of aliphatic hydroxyl groups is 1. The maximum Gasteiger partial charge on any atom is 0.270 e. The highest BCUT2D eigenvalue weighted by molar-refractivity contribution is 4.78. The molecule has 3 heteroatoms. The average Bonchev–Trinajstić information content (AvgIpc) is 1.75. The zero-order valence-electron chi connectivity index (χ0n) is 6.69. The van der Waals surface area contributed by atoms with Gasteiger partial charge < -0.3 is 5.11 Å². The van der Waals surface area contributed by atoms with Crippen molar-refractivity contribution in [1.29, 1.82) is 0 Å². The first-order valence-electron chi connectivity index (χ1n) is 4.06. The van der Waals surface area contributed by atoms with Gasteiger partial charge >= 0.3 is 0 Å². The van der Waals surface area contributed by atoms with Crippen LogP contribution in [-0.4, -0.2) is 17.1 Å². The van der Waals surface area contributed by atoms with Gasteiger partial charge in [0.25, 0.3) is 5.92 Å². The lowest BCUT2D eigenvalue weighted by Crippen LogP contribution is -2.33. The molecule has 0 aromatic rings. The molecule has 1 aliphatic rings. The van der Waals surface area contributed by atoms with E-state index in [1.54, 1.807) is 0 Å². The van der Waals surface area contributed by atoms with Gasteiger partial charge in [0, 0.05) is 6.92 Å². The van der Waals surface area contributed by atoms with Gasteiger partial charge in [0.2, 0.25) is 0 Å². The van der Waals surface area contributed by atoms with Crippen LogP contribution in [0.4, 0.5) is 8.78 Å². The smallest absolute Gasteiger partial charge is 0.270 e. The maximum atomic E-state index is 12.4. The molecular formula is C8H14F2O. The minimum absolute atomic E-state index is 0.267. The van der Waals surface area contributed by atoms with Crippen LogP contribution in [-0.2, 0) is 0 Å². The number of hydrogen-bond donors (Lipinski definition) is 1. The molecule has 11 heavy (non-hydrogen) atoms. The van der Waals surface area contributed by atoms with Gasteiger partial charge in [-0.25, -0.2) is 8.78 Å². The van der Waals surface area contributed by atoms with E-state index in [0.29, 0.717) is 5.92 Å². The van der Waals surface area contributed by atoms with Crippen molar-refractivity contribution in [3.05, 3.63) is 0 Å². The van der Waals surface area contributed by atoms with Gasteiger partial charge in [0.15, 0.2) is 0 Å². The molecule has 1 atom stereocenters. The molecule has 1 aliphatic carbocycles. The largest absolute Gasteiger partial charge is 0.387 e. The van der Waals surface area contributed by atoms with Crippen LogP contribution in [0.25, 0.3) is 0 Å². The number of alkyl halides is 2. The Morgan fingerprint density at radius 2 is 2.09 bits per heavy atom. The summed E-state index contributed by atoms with van der Waals surface area (Å²) >= 11 is 0. The summed E-state index contributed by atoms with van der Waals surface area (Å²) in [5.41, 5.74) is 0. The van der Waals surface area contributed by atoms with E-state index in [1.165, 1.54) is 0 Å². The van der Waals surface area contributed by atoms with Crippen LogP contribution in [0.2, 0.25) is 0 Å². The minimum atomic E-state index is -2.92. The third-order valence-electron chi connectivity index (χ3n) is 2.37. The van der Waals surface area contributed by atoms with Crippen LogP contribution in [0.5, 0.6) is 0 Å². The van der Waals surface area contributed by atoms with E-state index < -0.39 is 12.0 Å². The fraction of sp³-hybridized carbons (Fsp3) is 1.00. The van der Waals surface area contributed by atoms with Crippen molar-refractivity contribution in [3.8, 4) is 0 Å². The second-order valence-electron chi connectivity index (χ2n) is 3.50. The van der Waals surface area contributed by atoms with E-state index in [-0.39, 0.29) is 6.42 Å². The van der Waals surface area contributed by atoms with Crippen molar-refractivity contribution in [2.75, 3.05) is 0 Å². The van der Waals surface area contributed by atoms with Crippen molar-refractivity contribution >= 4 is 0 Å². The first-order valence-corrected chi connectivity index (χ1v) is 4.06. The lowest BCUT2D eigenvalue weighted by atomic mass is 9.80. The molecule has 0 spiro atoms. The molecule has 1 rings (SSSR count). The Morgan fingerprint density at radius 1 is 1.55 bits per heavy atom. The lowest BCUT2D eigenvalue weighted by Gasteiger charge is -2.29. The van der Waals surface area contributed by atoms with Crippen LogP contribution in [0, 0.1) is 5.92 Å². The summed E-state index contributed by atoms with van der Waals surface area (Å²) in [6, 6.07) is 0. The lowest BCUT2D eigenvalue weighted by molar-refractivity contribution is -0.105. The molecule has 1 unspecified atom stereocenters. The minimum Gasteiger partial charge on any atom is -0.387 e. The normalized spacial score (nSPS) is 22.9. The zero-order chi connectivity index (χ0) is 8.48. The van der Waals surface area contributed by atoms with Gasteiger partial charge in [-0.1, -0.05) is 19.3 Å². The van der Waals surface area contributed by atoms with Crippen LogP contribution in [0.15, 0.2) is 0 Å². The molecule has 0 aromatic heterocycles. The maximum absolute atomic E-state index is 12.4. The van der Waals surface area contributed by atoms with E-state index >= 15 is 0 Å². The Labute approximate surface area is 65.4 Å². The van der Waals surface area contributed by atoms with Crippen LogP contribution in [0.3, 0.4) is 0 Å². The Kier molecular flexibility index (Phi) is 2.47. The predicted octanol–water partition coefficient (Wildman–Crippen LogP) is 2.19. The second kappa shape index (κ2) is 3.05. The van der Waals surface area contributed by atoms with E-state index in [0.717, 1.165) is 26.2 Å². The summed E-state index contributed by atoms with van der Waals surface area (Å²) in [6.45, 7) is 0.774. The van der Waals surface area contributed by atoms with Gasteiger partial charge in [-0.3, -0.25) is 0 Å². The van der Waals surface area contributed by atoms with E-state index in [1.807, 2.05) is 0 Å². The summed E-state index contributed by atoms with van der Waals surface area (Å²) < 4.78 is 24.8. The third kappa shape index (κ3) is 2.40. The van der Waals surface area contributed by atoms with E-state index in [2.05, 4.69) is 0 Å². The molecule has 1 saturated carbocycles. The summed E-state index contributed by atoms with van der Waals surface area (Å²) in [6.07, 6.45) is 1.98. The highest BCUT2D eigenvalue weighted by Gasteiger charge is 2.35. The number of hydrogen-bond acceptors (Lipinski definition) is 1. The SMILES string of the molecule is CC(F)(F)C(O)CC1CCC1. The summed E-state index contributed by atoms with van der Waals surface area (Å²) in [5.74, 6) is -2.58. The molecule has 66 valence electrons. The molecule has 0 amide bonds. The van der Waals surface area contributed by atoms with Crippen molar-refractivity contribution in [2.45, 2.75) is 44.6 Å². The quantitative estimate of drug-likeness (QED) is 0.678. The second-order valence-corrected chi connectivity index (χ2v) is 3.50. The van der Waals surface area contributed by atoms with Crippen molar-refractivity contribution in [1.82, 2.24) is 0 Å². The fourth-order valence-electron chi connectivity index (χ4n) is 1.25. The molecule has 0 saturated heterocycles. The number of aliphatic hydroxyl groups excluding tert-OH is 1. The topological polar surface area (TPSA) is 20.2 Å². The highest BCUT2D eigenvalue weighted by atomic mass is 19.3. The molecule has 1 fully saturated rings. The van der Waals surface area contributed by atoms with E-state index in [4.69, 9.17) is 5.11 Å². The fourth-order valence-corrected chi connectivity index (χ4v) is 1.25. The first-order chi connectivity index (χ1) is 5.00. The average molecular weight is 164 g/mol. The zero-order valence-corrected chi connectivity index (χ0v) is 6.69. The molecule has 0 bridgehead atoms. The van der Waals surface area contributed by atoms with Crippen molar-refractivity contribution in [3.63, 3.8) is 0 Å². The van der Waals surface area contributed by atoms with Gasteiger partial charge in [0.1, 0.15) is 6.10 Å². The number of rotatable bonds is 3. The monoisotopic (exact) mass is 164 g/mol. The highest BCUT2D eigenvalue weighted by Crippen LogP contribution is 2.33. The molecule has 0 aliphatic heterocycles. The Balaban J connectivity index is 2.24. The van der Waals surface area contributed by atoms with Gasteiger partial charge in [-0.05, 0) is 12.3 Å². The Hall–Kier alpha value is -0.180. The molecule has 0 radical (unpaired) electrons. The predicted molar refractivity (Wildman–Crippen MR) is 38.6 cm³/mol. The van der Waals surface area contributed by atoms with Gasteiger partial charge in [-0.15, -0.1) is 0 Å². The Morgan fingerprint density at radius 3 is 2.36 bits per heavy atom. The Bertz CT molecular complexity index is 127. The van der Waals surface area contributed by atoms with Crippen molar-refractivity contribution < 1.29 is 13.9 Å². The number of halogens is 2. The molecule has 0 aromatic carbocycles.